The Morgan fingerprint density at radius 2 is 2.09 bits per heavy atom. The number of imidazole rings is 1. The van der Waals surface area contributed by atoms with Crippen molar-refractivity contribution in [2.45, 2.75) is 19.1 Å². The van der Waals surface area contributed by atoms with Gasteiger partial charge in [0.2, 0.25) is 5.76 Å². The van der Waals surface area contributed by atoms with E-state index in [4.69, 9.17) is 21.2 Å². The molecule has 0 fully saturated rings. The molecule has 0 saturated carbocycles. The third kappa shape index (κ3) is 4.79. The van der Waals surface area contributed by atoms with Crippen molar-refractivity contribution in [2.75, 3.05) is 18.5 Å². The molecule has 0 unspecified atom stereocenters. The van der Waals surface area contributed by atoms with Crippen LogP contribution in [0.25, 0.3) is 22.6 Å². The van der Waals surface area contributed by atoms with E-state index in [-0.39, 0.29) is 46.8 Å². The lowest BCUT2D eigenvalue weighted by Crippen LogP contribution is -2.28. The molecular formula is C20H17ClF3N7O3. The van der Waals surface area contributed by atoms with Gasteiger partial charge in [0.1, 0.15) is 22.9 Å². The summed E-state index contributed by atoms with van der Waals surface area (Å²) >= 11 is 6.18. The van der Waals surface area contributed by atoms with Crippen molar-refractivity contribution in [3.05, 3.63) is 52.6 Å². The van der Waals surface area contributed by atoms with Gasteiger partial charge in [0.05, 0.1) is 29.2 Å². The molecule has 34 heavy (non-hydrogen) atoms. The van der Waals surface area contributed by atoms with E-state index in [2.05, 4.69) is 35.7 Å². The molecule has 4 aromatic rings. The van der Waals surface area contributed by atoms with Crippen LogP contribution < -0.4 is 10.6 Å². The molecule has 1 amide bonds. The first-order valence-corrected chi connectivity index (χ1v) is 10.2. The summed E-state index contributed by atoms with van der Waals surface area (Å²) < 4.78 is 44.1. The third-order valence-corrected chi connectivity index (χ3v) is 5.13. The Morgan fingerprint density at radius 3 is 2.82 bits per heavy atom. The van der Waals surface area contributed by atoms with Gasteiger partial charge in [-0.1, -0.05) is 16.8 Å². The molecule has 4 N–H and O–H groups in total. The van der Waals surface area contributed by atoms with E-state index in [9.17, 15) is 18.0 Å². The molecule has 3 aromatic heterocycles. The van der Waals surface area contributed by atoms with Crippen molar-refractivity contribution in [1.82, 2.24) is 30.4 Å². The summed E-state index contributed by atoms with van der Waals surface area (Å²) in [4.78, 5) is 27.5. The molecule has 10 nitrogen and oxygen atoms in total. The number of rotatable bonds is 7. The van der Waals surface area contributed by atoms with Crippen LogP contribution in [0.5, 0.6) is 0 Å². The number of amides is 1. The second-order valence-electron chi connectivity index (χ2n) is 7.16. The number of fused-ring (bicyclic) bond motifs is 1. The second kappa shape index (κ2) is 9.27. The van der Waals surface area contributed by atoms with Crippen molar-refractivity contribution >= 4 is 34.4 Å². The molecule has 0 bridgehead atoms. The van der Waals surface area contributed by atoms with E-state index in [0.717, 1.165) is 18.5 Å². The average molecular weight is 496 g/mol. The highest BCUT2D eigenvalue weighted by Crippen LogP contribution is 2.32. The molecule has 0 radical (unpaired) electrons. The van der Waals surface area contributed by atoms with Crippen molar-refractivity contribution in [3.8, 4) is 11.6 Å². The number of carbonyl (C=O) groups excluding carboxylic acids is 1. The lowest BCUT2D eigenvalue weighted by atomic mass is 10.2. The third-order valence-electron chi connectivity index (χ3n) is 4.77. The van der Waals surface area contributed by atoms with Crippen LogP contribution >= 0.6 is 11.6 Å². The highest BCUT2D eigenvalue weighted by atomic mass is 35.5. The number of anilines is 1. The summed E-state index contributed by atoms with van der Waals surface area (Å²) in [7, 11) is 0. The zero-order valence-electron chi connectivity index (χ0n) is 17.4. The Bertz CT molecular complexity index is 1340. The van der Waals surface area contributed by atoms with Crippen LogP contribution in [0.2, 0.25) is 5.02 Å². The molecule has 3 heterocycles. The summed E-state index contributed by atoms with van der Waals surface area (Å²) in [6.07, 6.45) is -3.32. The van der Waals surface area contributed by atoms with Gasteiger partial charge in [0.25, 0.3) is 5.91 Å². The largest absolute Gasteiger partial charge is 0.416 e. The molecule has 14 heteroatoms. The maximum atomic E-state index is 12.9. The first-order chi connectivity index (χ1) is 16.2. The van der Waals surface area contributed by atoms with Crippen LogP contribution in [0.1, 0.15) is 34.7 Å². The molecule has 0 aliphatic rings. The zero-order chi connectivity index (χ0) is 24.5. The highest BCUT2D eigenvalue weighted by molar-refractivity contribution is 6.35. The summed E-state index contributed by atoms with van der Waals surface area (Å²) in [6, 6.07) is 4.03. The van der Waals surface area contributed by atoms with Crippen LogP contribution in [-0.4, -0.2) is 49.3 Å². The molecule has 1 aromatic carbocycles. The van der Waals surface area contributed by atoms with Crippen molar-refractivity contribution in [3.63, 3.8) is 0 Å². The smallest absolute Gasteiger partial charge is 0.395 e. The zero-order valence-corrected chi connectivity index (χ0v) is 18.2. The van der Waals surface area contributed by atoms with Gasteiger partial charge in [-0.15, -0.1) is 0 Å². The fourth-order valence-electron chi connectivity index (χ4n) is 3.07. The van der Waals surface area contributed by atoms with Gasteiger partial charge >= 0.3 is 6.18 Å². The van der Waals surface area contributed by atoms with Crippen LogP contribution in [0.3, 0.4) is 0 Å². The van der Waals surface area contributed by atoms with E-state index >= 15 is 0 Å². The standard InChI is InChI=1S/C20H17ClF3N7O3/c1-9(28-19(33)16-15(21)18(25-4-5-32)27-8-26-16)12-7-14(34-31-12)17-29-11-3-2-10(20(22,23)24)6-13(11)30-17/h2-3,6-9,32H,4-5H2,1H3,(H,28,33)(H,29,30)(H,25,26,27)/t9-/m0/s1. The van der Waals surface area contributed by atoms with Gasteiger partial charge in [-0.25, -0.2) is 15.0 Å². The number of H-pyrrole nitrogens is 1. The van der Waals surface area contributed by atoms with Gasteiger partial charge in [0.15, 0.2) is 11.5 Å². The predicted molar refractivity (Wildman–Crippen MR) is 115 cm³/mol. The first kappa shape index (κ1) is 23.4. The Kier molecular flexibility index (Phi) is 6.39. The minimum absolute atomic E-state index is 0.0120. The van der Waals surface area contributed by atoms with Crippen molar-refractivity contribution < 1.29 is 27.6 Å². The normalized spacial score (nSPS) is 12.6. The SMILES string of the molecule is C[C@H](NC(=O)c1ncnc(NCCO)c1Cl)c1cc(-c2nc3ccc(C(F)(F)F)cc3[nH]2)on1. The maximum absolute atomic E-state index is 12.9. The van der Waals surface area contributed by atoms with Gasteiger partial charge in [0, 0.05) is 12.6 Å². The number of aliphatic hydroxyl groups is 1. The number of nitrogens with one attached hydrogen (secondary N) is 3. The molecule has 0 spiro atoms. The van der Waals surface area contributed by atoms with Crippen LogP contribution in [0.15, 0.2) is 35.1 Å². The number of aliphatic hydroxyl groups excluding tert-OH is 1. The molecule has 1 atom stereocenters. The monoisotopic (exact) mass is 495 g/mol. The number of hydrogen-bond donors (Lipinski definition) is 4. The summed E-state index contributed by atoms with van der Waals surface area (Å²) in [5, 5.41) is 18.3. The number of hydrogen-bond acceptors (Lipinski definition) is 8. The number of nitrogens with zero attached hydrogens (tertiary/aromatic N) is 4. The summed E-state index contributed by atoms with van der Waals surface area (Å²) in [6.45, 7) is 1.69. The Labute approximate surface area is 194 Å². The van der Waals surface area contributed by atoms with E-state index in [0.29, 0.717) is 11.2 Å². The van der Waals surface area contributed by atoms with Gasteiger partial charge < -0.3 is 25.2 Å². The van der Waals surface area contributed by atoms with Crippen molar-refractivity contribution in [2.24, 2.45) is 0 Å². The number of aromatic nitrogens is 5. The quantitative estimate of drug-likeness (QED) is 0.305. The predicted octanol–water partition coefficient (Wildman–Crippen LogP) is 3.58. The number of benzene rings is 1. The fraction of sp³-hybridized carbons (Fsp3) is 0.250. The molecule has 178 valence electrons. The van der Waals surface area contributed by atoms with E-state index in [1.807, 2.05) is 0 Å². The number of carbonyl (C=O) groups is 1. The summed E-state index contributed by atoms with van der Waals surface area (Å²) in [5.41, 5.74) is -0.0311. The Balaban J connectivity index is 1.51. The molecule has 4 rings (SSSR count). The van der Waals surface area contributed by atoms with Gasteiger partial charge in [-0.05, 0) is 25.1 Å². The number of halogens is 4. The molecule has 0 saturated heterocycles. The molecule has 0 aliphatic heterocycles. The van der Waals surface area contributed by atoms with Crippen LogP contribution in [0, 0.1) is 0 Å². The second-order valence-corrected chi connectivity index (χ2v) is 7.54. The van der Waals surface area contributed by atoms with Gasteiger partial charge in [-0.2, -0.15) is 13.2 Å². The molecular weight excluding hydrogens is 479 g/mol. The van der Waals surface area contributed by atoms with E-state index in [1.165, 1.54) is 12.1 Å². The first-order valence-electron chi connectivity index (χ1n) is 9.87. The number of aromatic amines is 1. The lowest BCUT2D eigenvalue weighted by Gasteiger charge is -2.12. The van der Waals surface area contributed by atoms with Crippen molar-refractivity contribution in [1.29, 1.82) is 0 Å². The van der Waals surface area contributed by atoms with Crippen LogP contribution in [0.4, 0.5) is 19.0 Å². The Hall–Kier alpha value is -3.71. The van der Waals surface area contributed by atoms with Crippen LogP contribution in [-0.2, 0) is 6.18 Å². The van der Waals surface area contributed by atoms with E-state index < -0.39 is 23.7 Å². The minimum Gasteiger partial charge on any atom is -0.395 e. The van der Waals surface area contributed by atoms with Gasteiger partial charge in [-0.3, -0.25) is 4.79 Å². The minimum atomic E-state index is -4.48. The molecule has 0 aliphatic carbocycles. The lowest BCUT2D eigenvalue weighted by molar-refractivity contribution is -0.137. The Morgan fingerprint density at radius 1 is 1.29 bits per heavy atom. The average Bonchev–Trinajstić information content (AvgIpc) is 3.44. The maximum Gasteiger partial charge on any atom is 0.416 e. The summed E-state index contributed by atoms with van der Waals surface area (Å²) in [5.74, 6) is -0.0350. The fourth-order valence-corrected chi connectivity index (χ4v) is 3.32. The number of alkyl halides is 3. The highest BCUT2D eigenvalue weighted by Gasteiger charge is 2.31. The van der Waals surface area contributed by atoms with E-state index in [1.54, 1.807) is 6.92 Å². The topological polar surface area (TPSA) is 142 Å².